The van der Waals surface area contributed by atoms with Crippen LogP contribution in [0.1, 0.15) is 23.2 Å². The van der Waals surface area contributed by atoms with Gasteiger partial charge in [0, 0.05) is 19.1 Å². The first-order valence-electron chi connectivity index (χ1n) is 6.69. The summed E-state index contributed by atoms with van der Waals surface area (Å²) in [5.41, 5.74) is 6.50. The Morgan fingerprint density at radius 1 is 1.32 bits per heavy atom. The molecule has 5 nitrogen and oxygen atoms in total. The lowest BCUT2D eigenvalue weighted by Gasteiger charge is -2.31. The van der Waals surface area contributed by atoms with Gasteiger partial charge in [0.15, 0.2) is 11.5 Å². The molecule has 19 heavy (non-hydrogen) atoms. The summed E-state index contributed by atoms with van der Waals surface area (Å²) in [6.45, 7) is 2.39. The predicted octanol–water partition coefficient (Wildman–Crippen LogP) is 1.02. The smallest absolute Gasteiger partial charge is 0.257 e. The molecule has 0 aliphatic carbocycles. The lowest BCUT2D eigenvalue weighted by Crippen LogP contribution is -2.45. The lowest BCUT2D eigenvalue weighted by molar-refractivity contribution is 0.0698. The number of carbonyl (C=O) groups is 1. The normalized spacial score (nSPS) is 22.2. The van der Waals surface area contributed by atoms with E-state index < -0.39 is 0 Å². The van der Waals surface area contributed by atoms with E-state index in [-0.39, 0.29) is 11.9 Å². The topological polar surface area (TPSA) is 64.8 Å². The van der Waals surface area contributed by atoms with Gasteiger partial charge >= 0.3 is 0 Å². The van der Waals surface area contributed by atoms with Gasteiger partial charge in [0.25, 0.3) is 5.91 Å². The molecule has 5 heteroatoms. The summed E-state index contributed by atoms with van der Waals surface area (Å²) in [7, 11) is 0. The van der Waals surface area contributed by atoms with Crippen LogP contribution in [0.3, 0.4) is 0 Å². The fourth-order valence-corrected chi connectivity index (χ4v) is 2.61. The number of benzene rings is 1. The van der Waals surface area contributed by atoms with Crippen molar-refractivity contribution in [1.29, 1.82) is 0 Å². The Kier molecular flexibility index (Phi) is 3.29. The van der Waals surface area contributed by atoms with Crippen molar-refractivity contribution in [3.05, 3.63) is 23.8 Å². The average Bonchev–Trinajstić information content (AvgIpc) is 2.46. The number of ether oxygens (including phenoxy) is 2. The maximum atomic E-state index is 12.6. The number of fused-ring (bicyclic) bond motifs is 1. The molecule has 1 saturated heterocycles. The second kappa shape index (κ2) is 5.09. The summed E-state index contributed by atoms with van der Waals surface area (Å²) in [5, 5.41) is 0. The van der Waals surface area contributed by atoms with E-state index in [0.717, 1.165) is 19.4 Å². The molecule has 0 unspecified atom stereocenters. The Bertz CT molecular complexity index is 490. The number of para-hydroxylation sites is 1. The SMILES string of the molecule is N[C@H]1CCCN(C(=O)c2cccc3c2OCCO3)C1. The quantitative estimate of drug-likeness (QED) is 0.820. The number of hydrogen-bond donors (Lipinski definition) is 1. The van der Waals surface area contributed by atoms with Gasteiger partial charge in [-0.15, -0.1) is 0 Å². The van der Waals surface area contributed by atoms with Crippen LogP contribution in [0.2, 0.25) is 0 Å². The Hall–Kier alpha value is -1.75. The van der Waals surface area contributed by atoms with Crippen molar-refractivity contribution >= 4 is 5.91 Å². The Morgan fingerprint density at radius 2 is 2.16 bits per heavy atom. The molecule has 0 aromatic heterocycles. The third-order valence-electron chi connectivity index (χ3n) is 3.54. The second-order valence-electron chi connectivity index (χ2n) is 4.98. The first-order valence-corrected chi connectivity index (χ1v) is 6.69. The van der Waals surface area contributed by atoms with E-state index >= 15 is 0 Å². The number of rotatable bonds is 1. The number of hydrogen-bond acceptors (Lipinski definition) is 4. The predicted molar refractivity (Wildman–Crippen MR) is 70.5 cm³/mol. The molecule has 0 spiro atoms. The van der Waals surface area contributed by atoms with Gasteiger partial charge in [-0.2, -0.15) is 0 Å². The van der Waals surface area contributed by atoms with Crippen LogP contribution in [0, 0.1) is 0 Å². The van der Waals surface area contributed by atoms with Crippen molar-refractivity contribution in [2.45, 2.75) is 18.9 Å². The first kappa shape index (κ1) is 12.3. The highest BCUT2D eigenvalue weighted by Crippen LogP contribution is 2.34. The van der Waals surface area contributed by atoms with E-state index in [1.165, 1.54) is 0 Å². The number of likely N-dealkylation sites (tertiary alicyclic amines) is 1. The van der Waals surface area contributed by atoms with Crippen LogP contribution < -0.4 is 15.2 Å². The first-order chi connectivity index (χ1) is 9.25. The summed E-state index contributed by atoms with van der Waals surface area (Å²) in [6, 6.07) is 5.52. The van der Waals surface area contributed by atoms with Crippen LogP contribution in [0.4, 0.5) is 0 Å². The molecule has 2 aliphatic rings. The van der Waals surface area contributed by atoms with E-state index in [1.54, 1.807) is 6.07 Å². The molecule has 2 heterocycles. The van der Waals surface area contributed by atoms with Gasteiger partial charge in [-0.3, -0.25) is 4.79 Å². The highest BCUT2D eigenvalue weighted by molar-refractivity contribution is 5.98. The van der Waals surface area contributed by atoms with Crippen molar-refractivity contribution in [3.63, 3.8) is 0 Å². The zero-order valence-corrected chi connectivity index (χ0v) is 10.8. The molecule has 1 aromatic carbocycles. The minimum atomic E-state index is -0.0162. The summed E-state index contributed by atoms with van der Waals surface area (Å²) in [6.07, 6.45) is 1.94. The van der Waals surface area contributed by atoms with Crippen molar-refractivity contribution in [2.75, 3.05) is 26.3 Å². The Morgan fingerprint density at radius 3 is 3.00 bits per heavy atom. The molecule has 1 aromatic rings. The molecule has 1 atom stereocenters. The van der Waals surface area contributed by atoms with Gasteiger partial charge in [0.05, 0.1) is 5.56 Å². The van der Waals surface area contributed by atoms with Crippen LogP contribution in [0.15, 0.2) is 18.2 Å². The fraction of sp³-hybridized carbons (Fsp3) is 0.500. The molecule has 3 rings (SSSR count). The zero-order valence-electron chi connectivity index (χ0n) is 10.8. The molecule has 2 aliphatic heterocycles. The van der Waals surface area contributed by atoms with Crippen molar-refractivity contribution < 1.29 is 14.3 Å². The van der Waals surface area contributed by atoms with Gasteiger partial charge in [-0.25, -0.2) is 0 Å². The van der Waals surface area contributed by atoms with Crippen LogP contribution in [-0.2, 0) is 0 Å². The molecule has 102 valence electrons. The van der Waals surface area contributed by atoms with Crippen LogP contribution >= 0.6 is 0 Å². The monoisotopic (exact) mass is 262 g/mol. The highest BCUT2D eigenvalue weighted by Gasteiger charge is 2.27. The molecule has 0 radical (unpaired) electrons. The zero-order chi connectivity index (χ0) is 13.2. The van der Waals surface area contributed by atoms with Crippen LogP contribution in [0.5, 0.6) is 11.5 Å². The number of amides is 1. The summed E-state index contributed by atoms with van der Waals surface area (Å²) < 4.78 is 11.1. The van der Waals surface area contributed by atoms with Gasteiger partial charge in [0.2, 0.25) is 0 Å². The molecule has 1 fully saturated rings. The maximum Gasteiger partial charge on any atom is 0.257 e. The lowest BCUT2D eigenvalue weighted by atomic mass is 10.0. The van der Waals surface area contributed by atoms with Crippen molar-refractivity contribution in [2.24, 2.45) is 5.73 Å². The second-order valence-corrected chi connectivity index (χ2v) is 4.98. The number of nitrogens with two attached hydrogens (primary N) is 1. The van der Waals surface area contributed by atoms with E-state index in [2.05, 4.69) is 0 Å². The van der Waals surface area contributed by atoms with E-state index in [1.807, 2.05) is 17.0 Å². The molecule has 2 N–H and O–H groups in total. The van der Waals surface area contributed by atoms with Crippen LogP contribution in [0.25, 0.3) is 0 Å². The minimum absolute atomic E-state index is 0.0162. The van der Waals surface area contributed by atoms with Crippen molar-refractivity contribution in [3.8, 4) is 11.5 Å². The fourth-order valence-electron chi connectivity index (χ4n) is 2.61. The number of piperidine rings is 1. The Balaban J connectivity index is 1.87. The largest absolute Gasteiger partial charge is 0.486 e. The highest BCUT2D eigenvalue weighted by atomic mass is 16.6. The van der Waals surface area contributed by atoms with Gasteiger partial charge < -0.3 is 20.1 Å². The summed E-state index contributed by atoms with van der Waals surface area (Å²) in [5.74, 6) is 1.20. The summed E-state index contributed by atoms with van der Waals surface area (Å²) in [4.78, 5) is 14.4. The van der Waals surface area contributed by atoms with E-state index in [0.29, 0.717) is 36.8 Å². The minimum Gasteiger partial charge on any atom is -0.486 e. The molecular formula is C14H18N2O3. The molecular weight excluding hydrogens is 244 g/mol. The van der Waals surface area contributed by atoms with E-state index in [4.69, 9.17) is 15.2 Å². The maximum absolute atomic E-state index is 12.6. The van der Waals surface area contributed by atoms with Gasteiger partial charge in [-0.1, -0.05) is 6.07 Å². The number of nitrogens with zero attached hydrogens (tertiary/aromatic N) is 1. The van der Waals surface area contributed by atoms with Crippen LogP contribution in [-0.4, -0.2) is 43.2 Å². The van der Waals surface area contributed by atoms with Crippen molar-refractivity contribution in [1.82, 2.24) is 4.90 Å². The van der Waals surface area contributed by atoms with Gasteiger partial charge in [0.1, 0.15) is 13.2 Å². The third-order valence-corrected chi connectivity index (χ3v) is 3.54. The van der Waals surface area contributed by atoms with Gasteiger partial charge in [-0.05, 0) is 25.0 Å². The molecule has 0 saturated carbocycles. The average molecular weight is 262 g/mol. The standard InChI is InChI=1S/C14H18N2O3/c15-10-3-2-6-16(9-10)14(17)11-4-1-5-12-13(11)19-8-7-18-12/h1,4-5,10H,2-3,6-9,15H2/t10-/m0/s1. The Labute approximate surface area is 112 Å². The molecule has 0 bridgehead atoms. The number of carbonyl (C=O) groups excluding carboxylic acids is 1. The molecule has 1 amide bonds. The van der Waals surface area contributed by atoms with E-state index in [9.17, 15) is 4.79 Å². The summed E-state index contributed by atoms with van der Waals surface area (Å²) >= 11 is 0. The third kappa shape index (κ3) is 2.38.